The summed E-state index contributed by atoms with van der Waals surface area (Å²) in [4.78, 5) is 19.0. The van der Waals surface area contributed by atoms with Crippen molar-refractivity contribution in [2.75, 3.05) is 17.7 Å². The molecule has 0 aliphatic heterocycles. The molecule has 144 valence electrons. The van der Waals surface area contributed by atoms with Crippen LogP contribution < -0.4 is 15.4 Å². The number of hydrogen-bond donors (Lipinski definition) is 2. The molecule has 2 N–H and O–H groups in total. The zero-order valence-corrected chi connectivity index (χ0v) is 15.1. The van der Waals surface area contributed by atoms with E-state index in [1.165, 1.54) is 18.5 Å². The molecule has 8 nitrogen and oxygen atoms in total. The van der Waals surface area contributed by atoms with Crippen molar-refractivity contribution >= 4 is 17.3 Å². The monoisotopic (exact) mass is 383 g/mol. The third-order valence-electron chi connectivity index (χ3n) is 4.00. The Hall–Kier alpha value is -3.75. The molecule has 0 radical (unpaired) electrons. The Kier molecular flexibility index (Phi) is 5.95. The van der Waals surface area contributed by atoms with Crippen molar-refractivity contribution in [3.8, 4) is 5.75 Å². The Balaban J connectivity index is 1.74. The van der Waals surface area contributed by atoms with E-state index in [1.807, 2.05) is 12.1 Å². The highest BCUT2D eigenvalue weighted by molar-refractivity contribution is 5.69. The van der Waals surface area contributed by atoms with Crippen molar-refractivity contribution in [3.63, 3.8) is 0 Å². The van der Waals surface area contributed by atoms with E-state index in [0.29, 0.717) is 6.54 Å². The zero-order chi connectivity index (χ0) is 19.9. The molecule has 0 fully saturated rings. The van der Waals surface area contributed by atoms with Crippen molar-refractivity contribution in [3.05, 3.63) is 81.9 Å². The predicted octanol–water partition coefficient (Wildman–Crippen LogP) is 3.76. The normalized spacial score (nSPS) is 10.4. The number of halogens is 1. The fourth-order valence-corrected chi connectivity index (χ4v) is 2.53. The van der Waals surface area contributed by atoms with E-state index in [0.717, 1.165) is 16.9 Å². The molecule has 0 saturated heterocycles. The van der Waals surface area contributed by atoms with Gasteiger partial charge in [0, 0.05) is 13.1 Å². The number of anilines is 2. The van der Waals surface area contributed by atoms with E-state index in [9.17, 15) is 14.5 Å². The van der Waals surface area contributed by atoms with Crippen LogP contribution in [0.1, 0.15) is 11.1 Å². The highest BCUT2D eigenvalue weighted by Gasteiger charge is 2.22. The number of hydrogen-bond acceptors (Lipinski definition) is 7. The third-order valence-corrected chi connectivity index (χ3v) is 4.00. The van der Waals surface area contributed by atoms with Gasteiger partial charge >= 0.3 is 5.69 Å². The molecular weight excluding hydrogens is 365 g/mol. The number of aromatic nitrogens is 2. The van der Waals surface area contributed by atoms with Gasteiger partial charge in [-0.1, -0.05) is 24.3 Å². The molecule has 0 unspecified atom stereocenters. The molecule has 28 heavy (non-hydrogen) atoms. The molecule has 0 bridgehead atoms. The lowest BCUT2D eigenvalue weighted by atomic mass is 10.2. The second kappa shape index (κ2) is 8.76. The fraction of sp³-hybridized carbons (Fsp3) is 0.158. The van der Waals surface area contributed by atoms with Gasteiger partial charge in [-0.15, -0.1) is 0 Å². The maximum absolute atomic E-state index is 13.0. The van der Waals surface area contributed by atoms with Gasteiger partial charge in [0.05, 0.1) is 12.0 Å². The third kappa shape index (κ3) is 4.70. The molecule has 9 heteroatoms. The van der Waals surface area contributed by atoms with Crippen LogP contribution in [0.5, 0.6) is 5.75 Å². The molecular formula is C19H18FN5O3. The van der Waals surface area contributed by atoms with E-state index in [2.05, 4.69) is 20.6 Å². The van der Waals surface area contributed by atoms with E-state index in [1.54, 1.807) is 31.4 Å². The molecule has 0 saturated carbocycles. The van der Waals surface area contributed by atoms with Crippen molar-refractivity contribution in [1.29, 1.82) is 0 Å². The topological polar surface area (TPSA) is 102 Å². The van der Waals surface area contributed by atoms with Crippen LogP contribution in [0.25, 0.3) is 0 Å². The second-order valence-electron chi connectivity index (χ2n) is 5.86. The van der Waals surface area contributed by atoms with Gasteiger partial charge in [-0.05, 0) is 35.4 Å². The molecule has 2 aromatic carbocycles. The first-order valence-electron chi connectivity index (χ1n) is 8.41. The van der Waals surface area contributed by atoms with Gasteiger partial charge < -0.3 is 15.4 Å². The van der Waals surface area contributed by atoms with Gasteiger partial charge in [0.25, 0.3) is 0 Å². The molecule has 0 aliphatic carbocycles. The van der Waals surface area contributed by atoms with Crippen LogP contribution in [-0.2, 0) is 13.1 Å². The summed E-state index contributed by atoms with van der Waals surface area (Å²) in [6, 6.07) is 13.2. The SMILES string of the molecule is COc1ccc(CNc2ncnc(NCc3ccc(F)cc3)c2[N+](=O)[O-])cc1. The molecule has 0 amide bonds. The maximum atomic E-state index is 13.0. The molecule has 0 spiro atoms. The average molecular weight is 383 g/mol. The number of methoxy groups -OCH3 is 1. The molecule has 1 heterocycles. The standard InChI is InChI=1S/C19H18FN5O3/c1-28-16-8-4-14(5-9-16)11-22-19-17(25(26)27)18(23-12-24-19)21-10-13-2-6-15(20)7-3-13/h2-9,12H,10-11H2,1H3,(H2,21,22,23,24). The summed E-state index contributed by atoms with van der Waals surface area (Å²) in [5.41, 5.74) is 1.43. The van der Waals surface area contributed by atoms with Crippen molar-refractivity contribution in [1.82, 2.24) is 9.97 Å². The summed E-state index contributed by atoms with van der Waals surface area (Å²) in [6.45, 7) is 0.606. The number of rotatable bonds is 8. The van der Waals surface area contributed by atoms with Crippen LogP contribution >= 0.6 is 0 Å². The van der Waals surface area contributed by atoms with Gasteiger partial charge in [-0.2, -0.15) is 0 Å². The Morgan fingerprint density at radius 3 is 1.93 bits per heavy atom. The lowest BCUT2D eigenvalue weighted by Crippen LogP contribution is -2.10. The van der Waals surface area contributed by atoms with Crippen molar-refractivity contribution in [2.24, 2.45) is 0 Å². The fourth-order valence-electron chi connectivity index (χ4n) is 2.53. The maximum Gasteiger partial charge on any atom is 0.353 e. The first-order valence-corrected chi connectivity index (χ1v) is 8.41. The highest BCUT2D eigenvalue weighted by Crippen LogP contribution is 2.29. The number of nitrogens with one attached hydrogen (secondary N) is 2. The zero-order valence-electron chi connectivity index (χ0n) is 15.1. The van der Waals surface area contributed by atoms with Gasteiger partial charge in [0.2, 0.25) is 11.6 Å². The molecule has 3 rings (SSSR count). The minimum absolute atomic E-state index is 0.0848. The quantitative estimate of drug-likeness (QED) is 0.451. The number of ether oxygens (including phenoxy) is 1. The van der Waals surface area contributed by atoms with E-state index >= 15 is 0 Å². The van der Waals surface area contributed by atoms with Crippen LogP contribution in [-0.4, -0.2) is 22.0 Å². The Morgan fingerprint density at radius 1 is 0.964 bits per heavy atom. The molecule has 1 aromatic heterocycles. The van der Waals surface area contributed by atoms with Crippen LogP contribution in [0.15, 0.2) is 54.9 Å². The summed E-state index contributed by atoms with van der Waals surface area (Å²) in [7, 11) is 1.58. The average Bonchev–Trinajstić information content (AvgIpc) is 2.72. The Morgan fingerprint density at radius 2 is 1.46 bits per heavy atom. The van der Waals surface area contributed by atoms with Crippen molar-refractivity contribution < 1.29 is 14.1 Å². The van der Waals surface area contributed by atoms with Gasteiger partial charge in [0.15, 0.2) is 0 Å². The van der Waals surface area contributed by atoms with Crippen molar-refractivity contribution in [2.45, 2.75) is 13.1 Å². The number of nitro groups is 1. The van der Waals surface area contributed by atoms with Crippen LogP contribution in [0.2, 0.25) is 0 Å². The summed E-state index contributed by atoms with van der Waals surface area (Å²) in [6.07, 6.45) is 1.25. The lowest BCUT2D eigenvalue weighted by molar-refractivity contribution is -0.383. The van der Waals surface area contributed by atoms with E-state index in [-0.39, 0.29) is 29.7 Å². The van der Waals surface area contributed by atoms with Crippen LogP contribution in [0.3, 0.4) is 0 Å². The molecule has 0 atom stereocenters. The number of nitrogens with zero attached hydrogens (tertiary/aromatic N) is 3. The summed E-state index contributed by atoms with van der Waals surface area (Å²) >= 11 is 0. The summed E-state index contributed by atoms with van der Waals surface area (Å²) < 4.78 is 18.1. The lowest BCUT2D eigenvalue weighted by Gasteiger charge is -2.10. The number of benzene rings is 2. The van der Waals surface area contributed by atoms with Gasteiger partial charge in [-0.25, -0.2) is 14.4 Å². The summed E-state index contributed by atoms with van der Waals surface area (Å²) in [5, 5.41) is 17.5. The van der Waals surface area contributed by atoms with Gasteiger partial charge in [-0.3, -0.25) is 10.1 Å². The van der Waals surface area contributed by atoms with Crippen LogP contribution in [0.4, 0.5) is 21.7 Å². The smallest absolute Gasteiger partial charge is 0.353 e. The Labute approximate surface area is 160 Å². The largest absolute Gasteiger partial charge is 0.497 e. The Bertz CT molecular complexity index is 949. The first-order chi connectivity index (χ1) is 13.6. The highest BCUT2D eigenvalue weighted by atomic mass is 19.1. The van der Waals surface area contributed by atoms with E-state index < -0.39 is 4.92 Å². The second-order valence-corrected chi connectivity index (χ2v) is 5.86. The molecule has 3 aromatic rings. The summed E-state index contributed by atoms with van der Waals surface area (Å²) in [5.74, 6) is 0.574. The van der Waals surface area contributed by atoms with Crippen LogP contribution in [0, 0.1) is 15.9 Å². The first kappa shape index (κ1) is 19.0. The molecule has 0 aliphatic rings. The minimum atomic E-state index is -0.538. The van der Waals surface area contributed by atoms with E-state index in [4.69, 9.17) is 4.74 Å². The van der Waals surface area contributed by atoms with Gasteiger partial charge in [0.1, 0.15) is 17.9 Å². The predicted molar refractivity (Wildman–Crippen MR) is 103 cm³/mol. The minimum Gasteiger partial charge on any atom is -0.497 e.